The minimum atomic E-state index is 0.120. The van der Waals surface area contributed by atoms with Gasteiger partial charge in [0.15, 0.2) is 0 Å². The Morgan fingerprint density at radius 2 is 2.35 bits per heavy atom. The summed E-state index contributed by atoms with van der Waals surface area (Å²) >= 11 is 0. The smallest absolute Gasteiger partial charge is 0.208 e. The Labute approximate surface area is 102 Å². The average Bonchev–Trinajstić information content (AvgIpc) is 2.28. The van der Waals surface area contributed by atoms with Gasteiger partial charge in [0.2, 0.25) is 5.88 Å². The lowest BCUT2D eigenvalue weighted by Gasteiger charge is -2.18. The van der Waals surface area contributed by atoms with E-state index in [9.17, 15) is 0 Å². The molecule has 0 aliphatic carbocycles. The first-order valence-corrected chi connectivity index (χ1v) is 5.70. The van der Waals surface area contributed by atoms with Gasteiger partial charge in [-0.3, -0.25) is 10.4 Å². The number of rotatable bonds is 5. The van der Waals surface area contributed by atoms with Crippen LogP contribution in [0, 0.1) is 0 Å². The second-order valence-corrected chi connectivity index (χ2v) is 3.89. The largest absolute Gasteiger partial charge is 0.475 e. The number of hydrogen-bond acceptors (Lipinski definition) is 5. The van der Waals surface area contributed by atoms with Crippen molar-refractivity contribution >= 4 is 6.21 Å². The number of nitrogens with two attached hydrogens (primary N) is 1. The summed E-state index contributed by atoms with van der Waals surface area (Å²) in [6.07, 6.45) is 7.99. The zero-order valence-electron chi connectivity index (χ0n) is 10.5. The Morgan fingerprint density at radius 3 is 3.00 bits per heavy atom. The molecular weight excluding hydrogens is 216 g/mol. The van der Waals surface area contributed by atoms with Gasteiger partial charge in [0.25, 0.3) is 0 Å². The van der Waals surface area contributed by atoms with Crippen molar-refractivity contribution in [2.24, 2.45) is 10.7 Å². The van der Waals surface area contributed by atoms with Gasteiger partial charge in [0.1, 0.15) is 0 Å². The second kappa shape index (κ2) is 6.62. The Hall–Kier alpha value is -1.91. The summed E-state index contributed by atoms with van der Waals surface area (Å²) in [5.41, 5.74) is 13.0. The average molecular weight is 236 g/mol. The summed E-state index contributed by atoms with van der Waals surface area (Å²) in [6.45, 7) is 5.93. The van der Waals surface area contributed by atoms with Crippen molar-refractivity contribution in [2.45, 2.75) is 33.3 Å². The number of aliphatic imine (C=N–C) groups is 1. The van der Waals surface area contributed by atoms with Gasteiger partial charge in [-0.15, -0.1) is 0 Å². The van der Waals surface area contributed by atoms with Crippen molar-refractivity contribution in [1.82, 2.24) is 10.9 Å². The number of hydrazine groups is 1. The van der Waals surface area contributed by atoms with Gasteiger partial charge >= 0.3 is 0 Å². The van der Waals surface area contributed by atoms with Crippen LogP contribution >= 0.6 is 0 Å². The van der Waals surface area contributed by atoms with E-state index < -0.39 is 0 Å². The first-order chi connectivity index (χ1) is 8.11. The van der Waals surface area contributed by atoms with E-state index in [0.717, 1.165) is 17.8 Å². The van der Waals surface area contributed by atoms with E-state index in [1.54, 1.807) is 18.5 Å². The summed E-state index contributed by atoms with van der Waals surface area (Å²) in [5.74, 6) is 0.655. The Bertz CT molecular complexity index is 367. The molecule has 0 bridgehead atoms. The fraction of sp³-hybridized carbons (Fsp3) is 0.417. The molecule has 0 aromatic heterocycles. The summed E-state index contributed by atoms with van der Waals surface area (Å²) in [5, 5.41) is 0. The molecule has 0 fully saturated rings. The molecule has 0 spiro atoms. The van der Waals surface area contributed by atoms with Crippen molar-refractivity contribution in [3.63, 3.8) is 0 Å². The van der Waals surface area contributed by atoms with Gasteiger partial charge in [0.05, 0.1) is 11.8 Å². The van der Waals surface area contributed by atoms with Gasteiger partial charge < -0.3 is 15.9 Å². The molecule has 0 atom stereocenters. The number of hydrogen-bond donors (Lipinski definition) is 3. The molecule has 0 saturated heterocycles. The molecule has 0 radical (unpaired) electrons. The lowest BCUT2D eigenvalue weighted by atomic mass is 10.3. The number of nitrogens with zero attached hydrogens (tertiary/aromatic N) is 1. The quantitative estimate of drug-likeness (QED) is 0.633. The molecule has 5 heteroatoms. The highest BCUT2D eigenvalue weighted by atomic mass is 16.5. The van der Waals surface area contributed by atoms with E-state index in [1.165, 1.54) is 0 Å². The van der Waals surface area contributed by atoms with Crippen molar-refractivity contribution in [2.75, 3.05) is 0 Å². The minimum absolute atomic E-state index is 0.120. The molecule has 1 rings (SSSR count). The molecule has 17 heavy (non-hydrogen) atoms. The molecular formula is C12H20N4O. The normalized spacial score (nSPS) is 16.4. The molecule has 5 nitrogen and oxygen atoms in total. The molecule has 0 aromatic carbocycles. The van der Waals surface area contributed by atoms with Gasteiger partial charge in [0, 0.05) is 24.2 Å². The maximum Gasteiger partial charge on any atom is 0.208 e. The van der Waals surface area contributed by atoms with Crippen LogP contribution in [-0.2, 0) is 4.74 Å². The molecule has 94 valence electrons. The predicted molar refractivity (Wildman–Crippen MR) is 69.7 cm³/mol. The van der Waals surface area contributed by atoms with E-state index in [-0.39, 0.29) is 6.10 Å². The lowest BCUT2D eigenvalue weighted by molar-refractivity contribution is 0.125. The van der Waals surface area contributed by atoms with Crippen molar-refractivity contribution in [3.05, 3.63) is 35.6 Å². The fourth-order valence-electron chi connectivity index (χ4n) is 1.12. The SMILES string of the molecule is CCC(N)=CC=NC1=CNNC(OC(C)C)=C1. The van der Waals surface area contributed by atoms with E-state index >= 15 is 0 Å². The predicted octanol–water partition coefficient (Wildman–Crippen LogP) is 1.53. The van der Waals surface area contributed by atoms with Crippen molar-refractivity contribution < 1.29 is 4.74 Å². The van der Waals surface area contributed by atoms with E-state index in [0.29, 0.717) is 5.88 Å². The zero-order chi connectivity index (χ0) is 12.7. The fourth-order valence-corrected chi connectivity index (χ4v) is 1.12. The van der Waals surface area contributed by atoms with Crippen LogP contribution in [0.5, 0.6) is 0 Å². The molecule has 0 saturated carbocycles. The van der Waals surface area contributed by atoms with Crippen molar-refractivity contribution in [1.29, 1.82) is 0 Å². The van der Waals surface area contributed by atoms with E-state index in [2.05, 4.69) is 15.8 Å². The standard InChI is InChI=1S/C12H20N4O/c1-4-10(13)5-6-14-11-7-12(16-15-8-11)17-9(2)3/h5-9,15-16H,4,13H2,1-3H3. The lowest BCUT2D eigenvalue weighted by Crippen LogP contribution is -2.31. The van der Waals surface area contributed by atoms with Crippen LogP contribution in [-0.4, -0.2) is 12.3 Å². The Morgan fingerprint density at radius 1 is 1.59 bits per heavy atom. The van der Waals surface area contributed by atoms with Crippen LogP contribution in [0.15, 0.2) is 40.6 Å². The van der Waals surface area contributed by atoms with E-state index in [1.807, 2.05) is 26.8 Å². The summed E-state index contributed by atoms with van der Waals surface area (Å²) in [7, 11) is 0. The molecule has 1 heterocycles. The van der Waals surface area contributed by atoms with Crippen LogP contribution in [0.1, 0.15) is 27.2 Å². The number of ether oxygens (including phenoxy) is 1. The van der Waals surface area contributed by atoms with Gasteiger partial charge in [-0.2, -0.15) is 0 Å². The van der Waals surface area contributed by atoms with E-state index in [4.69, 9.17) is 10.5 Å². The van der Waals surface area contributed by atoms with Gasteiger partial charge in [-0.1, -0.05) is 6.92 Å². The Kier molecular flexibility index (Phi) is 5.13. The third kappa shape index (κ3) is 5.10. The third-order valence-electron chi connectivity index (χ3n) is 1.98. The molecule has 0 amide bonds. The first-order valence-electron chi connectivity index (χ1n) is 5.70. The molecule has 0 aromatic rings. The Balaban J connectivity index is 2.60. The third-order valence-corrected chi connectivity index (χ3v) is 1.98. The first kappa shape index (κ1) is 13.2. The maximum atomic E-state index is 5.66. The van der Waals surface area contributed by atoms with Crippen LogP contribution in [0.2, 0.25) is 0 Å². The molecule has 1 aliphatic rings. The summed E-state index contributed by atoms with van der Waals surface area (Å²) < 4.78 is 5.50. The van der Waals surface area contributed by atoms with Crippen LogP contribution in [0.25, 0.3) is 0 Å². The van der Waals surface area contributed by atoms with Crippen LogP contribution < -0.4 is 16.6 Å². The maximum absolute atomic E-state index is 5.66. The summed E-state index contributed by atoms with van der Waals surface area (Å²) in [4.78, 5) is 4.25. The highest BCUT2D eigenvalue weighted by Gasteiger charge is 2.05. The molecule has 4 N–H and O–H groups in total. The highest BCUT2D eigenvalue weighted by molar-refractivity contribution is 5.73. The van der Waals surface area contributed by atoms with Gasteiger partial charge in [-0.05, 0) is 26.3 Å². The second-order valence-electron chi connectivity index (χ2n) is 3.89. The minimum Gasteiger partial charge on any atom is -0.475 e. The summed E-state index contributed by atoms with van der Waals surface area (Å²) in [6, 6.07) is 0. The number of nitrogens with one attached hydrogen (secondary N) is 2. The highest BCUT2D eigenvalue weighted by Crippen LogP contribution is 2.08. The molecule has 1 aliphatic heterocycles. The number of allylic oxidation sites excluding steroid dienone is 3. The molecule has 0 unspecified atom stereocenters. The van der Waals surface area contributed by atoms with Gasteiger partial charge in [-0.25, -0.2) is 0 Å². The van der Waals surface area contributed by atoms with Crippen LogP contribution in [0.4, 0.5) is 0 Å². The topological polar surface area (TPSA) is 71.7 Å². The monoisotopic (exact) mass is 236 g/mol. The zero-order valence-corrected chi connectivity index (χ0v) is 10.5. The van der Waals surface area contributed by atoms with Crippen LogP contribution in [0.3, 0.4) is 0 Å². The van der Waals surface area contributed by atoms with Crippen molar-refractivity contribution in [3.8, 4) is 0 Å².